The number of rotatable bonds is 6. The van der Waals surface area contributed by atoms with E-state index in [9.17, 15) is 0 Å². The quantitative estimate of drug-likeness (QED) is 0.340. The molecule has 2 aromatic carbocycles. The van der Waals surface area contributed by atoms with Crippen molar-refractivity contribution in [1.82, 2.24) is 25.2 Å². The van der Waals surface area contributed by atoms with Gasteiger partial charge in [0.25, 0.3) is 0 Å². The molecular formula is C27H29ClN6. The van der Waals surface area contributed by atoms with Crippen molar-refractivity contribution in [3.05, 3.63) is 70.5 Å². The first kappa shape index (κ1) is 21.6. The molecule has 1 aliphatic heterocycles. The molecule has 1 saturated carbocycles. The van der Waals surface area contributed by atoms with Gasteiger partial charge in [0.1, 0.15) is 0 Å². The number of fused-ring (bicyclic) bond motifs is 1. The summed E-state index contributed by atoms with van der Waals surface area (Å²) in [6.45, 7) is 7.35. The molecule has 2 aromatic heterocycles. The molecule has 6 nitrogen and oxygen atoms in total. The van der Waals surface area contributed by atoms with Crippen molar-refractivity contribution in [1.29, 1.82) is 0 Å². The summed E-state index contributed by atoms with van der Waals surface area (Å²) in [6, 6.07) is 13.2. The number of aromatic nitrogens is 3. The Kier molecular flexibility index (Phi) is 5.73. The van der Waals surface area contributed by atoms with Crippen LogP contribution in [0.2, 0.25) is 5.02 Å². The van der Waals surface area contributed by atoms with Crippen LogP contribution in [-0.4, -0.2) is 46.0 Å². The van der Waals surface area contributed by atoms with E-state index in [1.54, 1.807) is 6.20 Å². The lowest BCUT2D eigenvalue weighted by molar-refractivity contribution is 0.233. The smallest absolute Gasteiger partial charge is 0.227 e. The van der Waals surface area contributed by atoms with Gasteiger partial charge in [0.05, 0.1) is 16.9 Å². The van der Waals surface area contributed by atoms with Gasteiger partial charge in [-0.25, -0.2) is 9.97 Å². The molecule has 3 heterocycles. The van der Waals surface area contributed by atoms with Crippen molar-refractivity contribution in [2.75, 3.05) is 31.5 Å². The molecule has 174 valence electrons. The van der Waals surface area contributed by atoms with E-state index in [4.69, 9.17) is 16.6 Å². The van der Waals surface area contributed by atoms with E-state index in [1.807, 2.05) is 6.20 Å². The minimum Gasteiger partial charge on any atom is -0.360 e. The van der Waals surface area contributed by atoms with Crippen LogP contribution in [0.25, 0.3) is 22.2 Å². The standard InChI is InChI=1S/C27H29ClN6/c1-17-2-5-22-23(14-30-25(22)10-17)26-24(28)15-31-27(33-26)32-21-12-18(11-20(13-21)19-3-4-19)16-34-8-6-29-7-9-34/h2,5,10-15,19,29-30H,3-4,6-9,16H2,1H3,(H,31,32,33). The first-order chi connectivity index (χ1) is 16.6. The molecule has 0 radical (unpaired) electrons. The summed E-state index contributed by atoms with van der Waals surface area (Å²) in [5, 5.41) is 8.55. The molecule has 34 heavy (non-hydrogen) atoms. The Labute approximate surface area is 204 Å². The number of hydrogen-bond acceptors (Lipinski definition) is 5. The zero-order valence-corrected chi connectivity index (χ0v) is 20.1. The Hall–Kier alpha value is -2.93. The predicted molar refractivity (Wildman–Crippen MR) is 139 cm³/mol. The summed E-state index contributed by atoms with van der Waals surface area (Å²) in [4.78, 5) is 15.2. The molecule has 2 fully saturated rings. The van der Waals surface area contributed by atoms with Gasteiger partial charge in [-0.2, -0.15) is 0 Å². The normalized spacial score (nSPS) is 16.8. The fourth-order valence-corrected chi connectivity index (χ4v) is 5.04. The average molecular weight is 473 g/mol. The van der Waals surface area contributed by atoms with E-state index in [1.165, 1.54) is 29.5 Å². The van der Waals surface area contributed by atoms with Crippen LogP contribution < -0.4 is 10.6 Å². The highest BCUT2D eigenvalue weighted by Crippen LogP contribution is 2.41. The minimum atomic E-state index is 0.540. The van der Waals surface area contributed by atoms with E-state index >= 15 is 0 Å². The molecule has 0 amide bonds. The zero-order chi connectivity index (χ0) is 23.1. The second-order valence-corrected chi connectivity index (χ2v) is 9.94. The van der Waals surface area contributed by atoms with Crippen molar-refractivity contribution in [3.8, 4) is 11.3 Å². The van der Waals surface area contributed by atoms with Crippen LogP contribution >= 0.6 is 11.6 Å². The molecule has 1 aliphatic carbocycles. The molecule has 4 aromatic rings. The SMILES string of the molecule is Cc1ccc2c(-c3nc(Nc4cc(CN5CCNCC5)cc(C5CC5)c4)ncc3Cl)c[nH]c2c1. The second-order valence-electron chi connectivity index (χ2n) is 9.53. The third-order valence-corrected chi connectivity index (χ3v) is 7.05. The molecule has 0 bridgehead atoms. The largest absolute Gasteiger partial charge is 0.360 e. The van der Waals surface area contributed by atoms with Crippen molar-refractivity contribution >= 4 is 34.1 Å². The van der Waals surface area contributed by atoms with E-state index in [0.717, 1.165) is 60.6 Å². The maximum atomic E-state index is 6.55. The van der Waals surface area contributed by atoms with Gasteiger partial charge in [0.15, 0.2) is 0 Å². The Balaban J connectivity index is 1.31. The number of nitrogens with one attached hydrogen (secondary N) is 3. The van der Waals surface area contributed by atoms with Gasteiger partial charge < -0.3 is 15.6 Å². The third-order valence-electron chi connectivity index (χ3n) is 6.77. The Bertz CT molecular complexity index is 1340. The average Bonchev–Trinajstić information content (AvgIpc) is 3.61. The molecule has 6 rings (SSSR count). The predicted octanol–water partition coefficient (Wildman–Crippen LogP) is 5.61. The number of aryl methyl sites for hydroxylation is 1. The van der Waals surface area contributed by atoms with Gasteiger partial charge in [0, 0.05) is 61.1 Å². The summed E-state index contributed by atoms with van der Waals surface area (Å²) in [7, 11) is 0. The highest BCUT2D eigenvalue weighted by Gasteiger charge is 2.25. The van der Waals surface area contributed by atoms with Gasteiger partial charge >= 0.3 is 0 Å². The fourth-order valence-electron chi connectivity index (χ4n) is 4.84. The Morgan fingerprint density at radius 3 is 2.79 bits per heavy atom. The van der Waals surface area contributed by atoms with Crippen molar-refractivity contribution in [2.45, 2.75) is 32.2 Å². The second kappa shape index (κ2) is 9.02. The lowest BCUT2D eigenvalue weighted by Gasteiger charge is -2.27. The number of anilines is 2. The molecule has 3 N–H and O–H groups in total. The lowest BCUT2D eigenvalue weighted by atomic mass is 10.0. The maximum Gasteiger partial charge on any atom is 0.227 e. The Morgan fingerprint density at radius 1 is 1.12 bits per heavy atom. The van der Waals surface area contributed by atoms with Gasteiger partial charge in [-0.3, -0.25) is 4.90 Å². The summed E-state index contributed by atoms with van der Waals surface area (Å²) >= 11 is 6.55. The van der Waals surface area contributed by atoms with Gasteiger partial charge in [-0.15, -0.1) is 0 Å². The van der Waals surface area contributed by atoms with Crippen LogP contribution in [0.5, 0.6) is 0 Å². The number of halogens is 1. The molecule has 0 unspecified atom stereocenters. The number of piperazine rings is 1. The number of H-pyrrole nitrogens is 1. The third kappa shape index (κ3) is 4.53. The molecule has 2 aliphatic rings. The number of benzene rings is 2. The molecular weight excluding hydrogens is 444 g/mol. The van der Waals surface area contributed by atoms with Crippen LogP contribution in [0.1, 0.15) is 35.4 Å². The van der Waals surface area contributed by atoms with E-state index in [-0.39, 0.29) is 0 Å². The summed E-state index contributed by atoms with van der Waals surface area (Å²) < 4.78 is 0. The van der Waals surface area contributed by atoms with Gasteiger partial charge in [0.2, 0.25) is 5.95 Å². The van der Waals surface area contributed by atoms with Gasteiger partial charge in [-0.05, 0) is 60.6 Å². The van der Waals surface area contributed by atoms with E-state index < -0.39 is 0 Å². The highest BCUT2D eigenvalue weighted by atomic mass is 35.5. The zero-order valence-electron chi connectivity index (χ0n) is 19.4. The molecule has 1 saturated heterocycles. The van der Waals surface area contributed by atoms with Crippen LogP contribution in [0.4, 0.5) is 11.6 Å². The van der Waals surface area contributed by atoms with Crippen molar-refractivity contribution in [3.63, 3.8) is 0 Å². The molecule has 0 atom stereocenters. The minimum absolute atomic E-state index is 0.540. The fraction of sp³-hybridized carbons (Fsp3) is 0.333. The van der Waals surface area contributed by atoms with Crippen LogP contribution in [0, 0.1) is 6.92 Å². The number of aromatic amines is 1. The van der Waals surface area contributed by atoms with Gasteiger partial charge in [-0.1, -0.05) is 29.8 Å². The monoisotopic (exact) mass is 472 g/mol. The first-order valence-corrected chi connectivity index (χ1v) is 12.4. The Morgan fingerprint density at radius 2 is 1.97 bits per heavy atom. The summed E-state index contributed by atoms with van der Waals surface area (Å²) in [6.07, 6.45) is 6.21. The van der Waals surface area contributed by atoms with Crippen LogP contribution in [0.3, 0.4) is 0 Å². The highest BCUT2D eigenvalue weighted by molar-refractivity contribution is 6.33. The first-order valence-electron chi connectivity index (χ1n) is 12.1. The maximum absolute atomic E-state index is 6.55. The van der Waals surface area contributed by atoms with E-state index in [2.05, 4.69) is 68.8 Å². The molecule has 0 spiro atoms. The number of nitrogens with zero attached hydrogens (tertiary/aromatic N) is 3. The molecule has 7 heteroatoms. The topological polar surface area (TPSA) is 68.9 Å². The summed E-state index contributed by atoms with van der Waals surface area (Å²) in [5.41, 5.74) is 7.80. The van der Waals surface area contributed by atoms with E-state index in [0.29, 0.717) is 16.9 Å². The van der Waals surface area contributed by atoms with Crippen molar-refractivity contribution in [2.24, 2.45) is 0 Å². The van der Waals surface area contributed by atoms with Crippen LogP contribution in [0.15, 0.2) is 48.8 Å². The van der Waals surface area contributed by atoms with Crippen molar-refractivity contribution < 1.29 is 0 Å². The number of hydrogen-bond donors (Lipinski definition) is 3. The summed E-state index contributed by atoms with van der Waals surface area (Å²) in [5.74, 6) is 1.24. The van der Waals surface area contributed by atoms with Crippen LogP contribution in [-0.2, 0) is 6.54 Å². The lowest BCUT2D eigenvalue weighted by Crippen LogP contribution is -2.42.